The molecule has 0 saturated carbocycles. The van der Waals surface area contributed by atoms with Crippen molar-refractivity contribution >= 4 is 27.4 Å². The van der Waals surface area contributed by atoms with Crippen molar-refractivity contribution < 1.29 is 19.0 Å². The predicted octanol–water partition coefficient (Wildman–Crippen LogP) is 2.19. The van der Waals surface area contributed by atoms with Crippen molar-refractivity contribution in [3.63, 3.8) is 0 Å². The Kier molecular flexibility index (Phi) is 3.48. The Morgan fingerprint density at radius 3 is 2.90 bits per heavy atom. The van der Waals surface area contributed by atoms with E-state index in [1.807, 2.05) is 0 Å². The second kappa shape index (κ2) is 5.18. The SMILES string of the molecule is O=C(NC1CCS(O)(O)C1)c1cc2ncccc2cc1O. The van der Waals surface area contributed by atoms with Gasteiger partial charge in [-0.25, -0.2) is 0 Å². The van der Waals surface area contributed by atoms with Crippen molar-refractivity contribution in [3.05, 3.63) is 36.0 Å². The Morgan fingerprint density at radius 1 is 1.38 bits per heavy atom. The highest BCUT2D eigenvalue weighted by atomic mass is 32.3. The Morgan fingerprint density at radius 2 is 2.19 bits per heavy atom. The van der Waals surface area contributed by atoms with Crippen LogP contribution in [-0.4, -0.2) is 42.7 Å². The minimum Gasteiger partial charge on any atom is -0.507 e. The van der Waals surface area contributed by atoms with E-state index >= 15 is 0 Å². The number of nitrogens with one attached hydrogen (secondary N) is 1. The van der Waals surface area contributed by atoms with E-state index in [0.717, 1.165) is 5.39 Å². The highest BCUT2D eigenvalue weighted by Crippen LogP contribution is 2.45. The van der Waals surface area contributed by atoms with Crippen LogP contribution in [0.4, 0.5) is 0 Å². The van der Waals surface area contributed by atoms with Crippen LogP contribution >= 0.6 is 10.6 Å². The third-order valence-electron chi connectivity index (χ3n) is 3.56. The number of carbonyl (C=O) groups is 1. The molecule has 1 saturated heterocycles. The van der Waals surface area contributed by atoms with Gasteiger partial charge in [0.1, 0.15) is 5.75 Å². The van der Waals surface area contributed by atoms with E-state index in [4.69, 9.17) is 0 Å². The normalized spacial score (nSPS) is 22.1. The fraction of sp³-hybridized carbons (Fsp3) is 0.286. The number of rotatable bonds is 2. The fourth-order valence-corrected chi connectivity index (χ4v) is 4.21. The molecule has 1 fully saturated rings. The van der Waals surface area contributed by atoms with E-state index in [0.29, 0.717) is 17.7 Å². The first-order valence-corrected chi connectivity index (χ1v) is 8.45. The fourth-order valence-electron chi connectivity index (χ4n) is 2.49. The number of nitrogens with zero attached hydrogens (tertiary/aromatic N) is 1. The van der Waals surface area contributed by atoms with Crippen LogP contribution in [0, 0.1) is 0 Å². The van der Waals surface area contributed by atoms with Crippen molar-refractivity contribution in [1.29, 1.82) is 0 Å². The highest BCUT2D eigenvalue weighted by Gasteiger charge is 2.30. The van der Waals surface area contributed by atoms with E-state index in [9.17, 15) is 19.0 Å². The topological polar surface area (TPSA) is 103 Å². The molecule has 1 atom stereocenters. The van der Waals surface area contributed by atoms with Gasteiger partial charge in [-0.1, -0.05) is 6.07 Å². The van der Waals surface area contributed by atoms with Crippen molar-refractivity contribution in [3.8, 4) is 5.75 Å². The van der Waals surface area contributed by atoms with E-state index in [-0.39, 0.29) is 23.1 Å². The van der Waals surface area contributed by atoms with E-state index < -0.39 is 16.5 Å². The molecular formula is C14H16N2O4S. The summed E-state index contributed by atoms with van der Waals surface area (Å²) in [5.74, 6) is -0.0612. The number of carbonyl (C=O) groups excluding carboxylic acids is 1. The van der Waals surface area contributed by atoms with Crippen molar-refractivity contribution in [1.82, 2.24) is 10.3 Å². The van der Waals surface area contributed by atoms with E-state index in [1.54, 1.807) is 18.3 Å². The van der Waals surface area contributed by atoms with Crippen LogP contribution in [0.25, 0.3) is 10.9 Å². The lowest BCUT2D eigenvalue weighted by molar-refractivity contribution is 0.0938. The van der Waals surface area contributed by atoms with Crippen molar-refractivity contribution in [2.24, 2.45) is 0 Å². The first-order chi connectivity index (χ1) is 9.94. The number of aromatic hydroxyl groups is 1. The zero-order valence-corrected chi connectivity index (χ0v) is 12.0. The van der Waals surface area contributed by atoms with Gasteiger partial charge in [0.25, 0.3) is 5.91 Å². The monoisotopic (exact) mass is 308 g/mol. The van der Waals surface area contributed by atoms with Gasteiger partial charge in [-0.3, -0.25) is 18.9 Å². The molecule has 112 valence electrons. The van der Waals surface area contributed by atoms with Gasteiger partial charge in [-0.15, -0.1) is 0 Å². The standard InChI is InChI=1S/C14H16N2O4S/c17-13-6-9-2-1-4-15-12(9)7-11(13)14(18)16-10-3-5-21(19,20)8-10/h1-2,4,6-7,10,17,19-20H,3,5,8H2,(H,16,18). The first kappa shape index (κ1) is 14.1. The van der Waals surface area contributed by atoms with Crippen LogP contribution in [0.5, 0.6) is 5.75 Å². The van der Waals surface area contributed by atoms with Gasteiger partial charge in [0.05, 0.1) is 16.8 Å². The summed E-state index contributed by atoms with van der Waals surface area (Å²) in [6, 6.07) is 6.31. The summed E-state index contributed by atoms with van der Waals surface area (Å²) in [5, 5.41) is 13.5. The number of phenols is 1. The molecule has 2 heterocycles. The first-order valence-electron chi connectivity index (χ1n) is 6.57. The largest absolute Gasteiger partial charge is 0.507 e. The summed E-state index contributed by atoms with van der Waals surface area (Å²) in [5.41, 5.74) is 0.765. The van der Waals surface area contributed by atoms with Crippen LogP contribution in [-0.2, 0) is 0 Å². The van der Waals surface area contributed by atoms with Gasteiger partial charge in [0.15, 0.2) is 0 Å². The van der Waals surface area contributed by atoms with Gasteiger partial charge in [0, 0.05) is 23.4 Å². The Hall–Kier alpha value is -1.83. The smallest absolute Gasteiger partial charge is 0.255 e. The Bertz CT molecular complexity index is 704. The molecule has 0 aliphatic carbocycles. The summed E-state index contributed by atoms with van der Waals surface area (Å²) < 4.78 is 19.1. The number of amides is 1. The maximum Gasteiger partial charge on any atom is 0.255 e. The molecule has 0 bridgehead atoms. The number of hydrogen-bond donors (Lipinski definition) is 4. The van der Waals surface area contributed by atoms with Crippen LogP contribution < -0.4 is 5.32 Å². The second-order valence-electron chi connectivity index (χ2n) is 5.20. The molecule has 3 rings (SSSR count). The molecule has 1 amide bonds. The molecule has 7 heteroatoms. The minimum atomic E-state index is -2.56. The molecule has 1 aliphatic heterocycles. The quantitative estimate of drug-likeness (QED) is 0.681. The van der Waals surface area contributed by atoms with Gasteiger partial charge in [-0.2, -0.15) is 10.6 Å². The third-order valence-corrected chi connectivity index (χ3v) is 5.39. The summed E-state index contributed by atoms with van der Waals surface area (Å²) in [4.78, 5) is 16.4. The van der Waals surface area contributed by atoms with Gasteiger partial charge >= 0.3 is 0 Å². The zero-order valence-electron chi connectivity index (χ0n) is 11.2. The number of phenolic OH excluding ortho intramolecular Hbond substituents is 1. The predicted molar refractivity (Wildman–Crippen MR) is 81.9 cm³/mol. The summed E-state index contributed by atoms with van der Waals surface area (Å²) in [6.07, 6.45) is 2.15. The number of fused-ring (bicyclic) bond motifs is 1. The number of pyridine rings is 1. The lowest BCUT2D eigenvalue weighted by Crippen LogP contribution is -2.35. The van der Waals surface area contributed by atoms with Crippen LogP contribution in [0.1, 0.15) is 16.8 Å². The molecule has 1 aromatic heterocycles. The summed E-state index contributed by atoms with van der Waals surface area (Å²) in [6.45, 7) is 0. The van der Waals surface area contributed by atoms with Crippen LogP contribution in [0.15, 0.2) is 30.5 Å². The molecule has 0 radical (unpaired) electrons. The third kappa shape index (κ3) is 2.94. The Balaban J connectivity index is 1.83. The van der Waals surface area contributed by atoms with Gasteiger partial charge in [0.2, 0.25) is 0 Å². The minimum absolute atomic E-state index is 0.113. The molecule has 1 aromatic carbocycles. The van der Waals surface area contributed by atoms with Crippen molar-refractivity contribution in [2.45, 2.75) is 12.5 Å². The van der Waals surface area contributed by atoms with Crippen molar-refractivity contribution in [2.75, 3.05) is 11.5 Å². The molecule has 1 aliphatic rings. The van der Waals surface area contributed by atoms with E-state index in [2.05, 4.69) is 10.3 Å². The second-order valence-corrected chi connectivity index (χ2v) is 7.54. The average molecular weight is 308 g/mol. The van der Waals surface area contributed by atoms with Gasteiger partial charge in [-0.05, 0) is 24.6 Å². The maximum absolute atomic E-state index is 12.2. The average Bonchev–Trinajstić information content (AvgIpc) is 2.77. The zero-order chi connectivity index (χ0) is 15.0. The lowest BCUT2D eigenvalue weighted by Gasteiger charge is -2.26. The number of benzene rings is 1. The molecule has 1 unspecified atom stereocenters. The molecule has 0 spiro atoms. The lowest BCUT2D eigenvalue weighted by atomic mass is 10.1. The highest BCUT2D eigenvalue weighted by molar-refractivity contribution is 8.24. The molecule has 4 N–H and O–H groups in total. The number of hydrogen-bond acceptors (Lipinski definition) is 5. The van der Waals surface area contributed by atoms with Crippen LogP contribution in [0.3, 0.4) is 0 Å². The Labute approximate surface area is 123 Å². The van der Waals surface area contributed by atoms with Crippen LogP contribution in [0.2, 0.25) is 0 Å². The van der Waals surface area contributed by atoms with Gasteiger partial charge < -0.3 is 10.4 Å². The molecule has 21 heavy (non-hydrogen) atoms. The van der Waals surface area contributed by atoms with E-state index in [1.165, 1.54) is 12.1 Å². The molecule has 6 nitrogen and oxygen atoms in total. The maximum atomic E-state index is 12.2. The molecular weight excluding hydrogens is 292 g/mol. The molecule has 2 aromatic rings. The summed E-state index contributed by atoms with van der Waals surface area (Å²) in [7, 11) is -2.56. The summed E-state index contributed by atoms with van der Waals surface area (Å²) >= 11 is 0. The number of aromatic nitrogens is 1.